The van der Waals surface area contributed by atoms with Crippen molar-refractivity contribution in [1.29, 1.82) is 0 Å². The van der Waals surface area contributed by atoms with Gasteiger partial charge in [-0.15, -0.1) is 0 Å². The Balaban J connectivity index is 2.47. The quantitative estimate of drug-likeness (QED) is 0.556. The van der Waals surface area contributed by atoms with Gasteiger partial charge in [-0.3, -0.25) is 4.99 Å². The molecule has 1 atom stereocenters. The zero-order valence-electron chi connectivity index (χ0n) is 6.92. The van der Waals surface area contributed by atoms with Gasteiger partial charge < -0.3 is 0 Å². The van der Waals surface area contributed by atoms with E-state index in [9.17, 15) is 4.39 Å². The van der Waals surface area contributed by atoms with Crippen LogP contribution in [0.4, 0.5) is 4.39 Å². The van der Waals surface area contributed by atoms with E-state index in [0.29, 0.717) is 6.04 Å². The van der Waals surface area contributed by atoms with E-state index in [-0.39, 0.29) is 5.82 Å². The minimum atomic E-state index is -0.156. The molecule has 0 aromatic heterocycles. The van der Waals surface area contributed by atoms with E-state index in [0.717, 1.165) is 17.5 Å². The molecule has 0 fully saturated rings. The second-order valence-electron chi connectivity index (χ2n) is 3.17. The molecule has 1 heterocycles. The van der Waals surface area contributed by atoms with Crippen LogP contribution in [0.3, 0.4) is 0 Å². The number of hydrogen-bond donors (Lipinski definition) is 0. The SMILES string of the molecule is C[C@@H]1Cc2cc(F)ccc2C=N1. The average Bonchev–Trinajstić information content (AvgIpc) is 2.03. The van der Waals surface area contributed by atoms with Crippen LogP contribution in [-0.4, -0.2) is 12.3 Å². The molecule has 1 aromatic rings. The summed E-state index contributed by atoms with van der Waals surface area (Å²) in [4.78, 5) is 4.25. The van der Waals surface area contributed by atoms with Crippen LogP contribution >= 0.6 is 0 Å². The van der Waals surface area contributed by atoms with Crippen molar-refractivity contribution >= 4 is 6.21 Å². The molecular formula is C10H10FN. The van der Waals surface area contributed by atoms with Gasteiger partial charge in [-0.05, 0) is 36.6 Å². The minimum Gasteiger partial charge on any atom is -0.289 e. The fourth-order valence-corrected chi connectivity index (χ4v) is 1.46. The predicted molar refractivity (Wildman–Crippen MR) is 47.2 cm³/mol. The Morgan fingerprint density at radius 3 is 3.17 bits per heavy atom. The van der Waals surface area contributed by atoms with Crippen molar-refractivity contribution in [3.63, 3.8) is 0 Å². The van der Waals surface area contributed by atoms with Crippen LogP contribution < -0.4 is 0 Å². The van der Waals surface area contributed by atoms with Gasteiger partial charge in [-0.1, -0.05) is 6.07 Å². The Labute approximate surface area is 70.9 Å². The first-order valence-corrected chi connectivity index (χ1v) is 4.07. The Hall–Kier alpha value is -1.18. The summed E-state index contributed by atoms with van der Waals surface area (Å²) in [6.07, 6.45) is 2.67. The van der Waals surface area contributed by atoms with Gasteiger partial charge >= 0.3 is 0 Å². The Morgan fingerprint density at radius 2 is 2.33 bits per heavy atom. The number of halogens is 1. The fourth-order valence-electron chi connectivity index (χ4n) is 1.46. The zero-order chi connectivity index (χ0) is 8.55. The minimum absolute atomic E-state index is 0.156. The highest BCUT2D eigenvalue weighted by molar-refractivity contribution is 5.83. The maximum absolute atomic E-state index is 12.8. The summed E-state index contributed by atoms with van der Waals surface area (Å²) in [7, 11) is 0. The van der Waals surface area contributed by atoms with Crippen molar-refractivity contribution in [3.8, 4) is 0 Å². The molecule has 1 aromatic carbocycles. The molecule has 62 valence electrons. The highest BCUT2D eigenvalue weighted by Crippen LogP contribution is 2.16. The standard InChI is InChI=1S/C10H10FN/c1-7-4-9-5-10(11)3-2-8(9)6-12-7/h2-3,5-7H,4H2,1H3/t7-/m1/s1. The number of fused-ring (bicyclic) bond motifs is 1. The molecule has 0 amide bonds. The molecular weight excluding hydrogens is 153 g/mol. The summed E-state index contributed by atoms with van der Waals surface area (Å²) < 4.78 is 12.8. The smallest absolute Gasteiger partial charge is 0.123 e. The van der Waals surface area contributed by atoms with Crippen molar-refractivity contribution < 1.29 is 4.39 Å². The molecule has 1 aliphatic rings. The number of hydrogen-bond acceptors (Lipinski definition) is 1. The molecule has 0 saturated heterocycles. The lowest BCUT2D eigenvalue weighted by atomic mass is 9.99. The molecule has 0 N–H and O–H groups in total. The molecule has 1 nitrogen and oxygen atoms in total. The molecule has 0 bridgehead atoms. The van der Waals surface area contributed by atoms with Gasteiger partial charge in [0.15, 0.2) is 0 Å². The lowest BCUT2D eigenvalue weighted by Gasteiger charge is -2.14. The third kappa shape index (κ3) is 1.24. The topological polar surface area (TPSA) is 12.4 Å². The maximum Gasteiger partial charge on any atom is 0.123 e. The number of benzene rings is 1. The van der Waals surface area contributed by atoms with Gasteiger partial charge in [0, 0.05) is 6.21 Å². The Kier molecular flexibility index (Phi) is 1.68. The summed E-state index contributed by atoms with van der Waals surface area (Å²) in [5, 5.41) is 0. The lowest BCUT2D eigenvalue weighted by Crippen LogP contribution is -2.11. The number of aliphatic imine (C=N–C) groups is 1. The fraction of sp³-hybridized carbons (Fsp3) is 0.300. The van der Waals surface area contributed by atoms with E-state index < -0.39 is 0 Å². The lowest BCUT2D eigenvalue weighted by molar-refractivity contribution is 0.621. The average molecular weight is 163 g/mol. The van der Waals surface area contributed by atoms with E-state index in [1.54, 1.807) is 12.1 Å². The number of nitrogens with zero attached hydrogens (tertiary/aromatic N) is 1. The van der Waals surface area contributed by atoms with Crippen LogP contribution in [0, 0.1) is 5.82 Å². The van der Waals surface area contributed by atoms with Gasteiger partial charge in [0.05, 0.1) is 6.04 Å². The number of rotatable bonds is 0. The van der Waals surface area contributed by atoms with Crippen molar-refractivity contribution in [2.75, 3.05) is 0 Å². The van der Waals surface area contributed by atoms with Gasteiger partial charge in [-0.2, -0.15) is 0 Å². The third-order valence-electron chi connectivity index (χ3n) is 2.09. The second-order valence-corrected chi connectivity index (χ2v) is 3.17. The summed E-state index contributed by atoms with van der Waals surface area (Å²) >= 11 is 0. The Bertz CT molecular complexity index is 331. The monoisotopic (exact) mass is 163 g/mol. The summed E-state index contributed by atoms with van der Waals surface area (Å²) in [5.74, 6) is -0.156. The second kappa shape index (κ2) is 2.70. The molecule has 12 heavy (non-hydrogen) atoms. The Morgan fingerprint density at radius 1 is 1.50 bits per heavy atom. The highest BCUT2D eigenvalue weighted by Gasteiger charge is 2.10. The first-order chi connectivity index (χ1) is 5.75. The molecule has 1 aliphatic heterocycles. The van der Waals surface area contributed by atoms with E-state index in [2.05, 4.69) is 4.99 Å². The molecule has 0 radical (unpaired) electrons. The van der Waals surface area contributed by atoms with Crippen LogP contribution in [0.25, 0.3) is 0 Å². The first-order valence-electron chi connectivity index (χ1n) is 4.07. The highest BCUT2D eigenvalue weighted by atomic mass is 19.1. The van der Waals surface area contributed by atoms with E-state index in [4.69, 9.17) is 0 Å². The van der Waals surface area contributed by atoms with Crippen LogP contribution in [0.15, 0.2) is 23.2 Å². The van der Waals surface area contributed by atoms with Crippen LogP contribution in [0.2, 0.25) is 0 Å². The van der Waals surface area contributed by atoms with E-state index in [1.807, 2.05) is 13.1 Å². The van der Waals surface area contributed by atoms with Gasteiger partial charge in [0.2, 0.25) is 0 Å². The van der Waals surface area contributed by atoms with Crippen molar-refractivity contribution in [1.82, 2.24) is 0 Å². The normalized spacial score (nSPS) is 20.7. The van der Waals surface area contributed by atoms with Crippen molar-refractivity contribution in [2.24, 2.45) is 4.99 Å². The maximum atomic E-state index is 12.8. The first kappa shape index (κ1) is 7.47. The molecule has 0 spiro atoms. The van der Waals surface area contributed by atoms with E-state index >= 15 is 0 Å². The predicted octanol–water partition coefficient (Wildman–Crippen LogP) is 2.19. The van der Waals surface area contributed by atoms with Crippen LogP contribution in [0.5, 0.6) is 0 Å². The summed E-state index contributed by atoms with van der Waals surface area (Å²) in [5.41, 5.74) is 2.12. The summed E-state index contributed by atoms with van der Waals surface area (Å²) in [6, 6.07) is 5.14. The summed E-state index contributed by atoms with van der Waals surface area (Å²) in [6.45, 7) is 2.03. The largest absolute Gasteiger partial charge is 0.289 e. The van der Waals surface area contributed by atoms with Gasteiger partial charge in [-0.25, -0.2) is 4.39 Å². The zero-order valence-corrected chi connectivity index (χ0v) is 6.92. The molecule has 0 aliphatic carbocycles. The molecule has 2 rings (SSSR count). The van der Waals surface area contributed by atoms with Crippen LogP contribution in [0.1, 0.15) is 18.1 Å². The van der Waals surface area contributed by atoms with Gasteiger partial charge in [0.25, 0.3) is 0 Å². The molecule has 2 heteroatoms. The van der Waals surface area contributed by atoms with Crippen LogP contribution in [-0.2, 0) is 6.42 Å². The molecule has 0 saturated carbocycles. The third-order valence-corrected chi connectivity index (χ3v) is 2.09. The van der Waals surface area contributed by atoms with Crippen molar-refractivity contribution in [2.45, 2.75) is 19.4 Å². The van der Waals surface area contributed by atoms with E-state index in [1.165, 1.54) is 6.07 Å². The van der Waals surface area contributed by atoms with Crippen molar-refractivity contribution in [3.05, 3.63) is 35.1 Å². The molecule has 0 unspecified atom stereocenters. The van der Waals surface area contributed by atoms with Gasteiger partial charge in [0.1, 0.15) is 5.82 Å².